The van der Waals surface area contributed by atoms with E-state index >= 15 is 0 Å². The van der Waals surface area contributed by atoms with Crippen LogP contribution in [0.3, 0.4) is 0 Å². The Morgan fingerprint density at radius 3 is 2.39 bits per heavy atom. The Balaban J connectivity index is 1.52. The van der Waals surface area contributed by atoms with Gasteiger partial charge in [0.05, 0.1) is 11.6 Å². The van der Waals surface area contributed by atoms with Gasteiger partial charge in [0.25, 0.3) is 0 Å². The number of hydrogen-bond acceptors (Lipinski definition) is 6. The normalized spacial score (nSPS) is 15.8. The Hall–Kier alpha value is -4.30. The zero-order valence-electron chi connectivity index (χ0n) is 20.1. The number of nitrogens with zero attached hydrogens (tertiary/aromatic N) is 4. The molecule has 36 heavy (non-hydrogen) atoms. The summed E-state index contributed by atoms with van der Waals surface area (Å²) in [7, 11) is 0. The molecule has 0 radical (unpaired) electrons. The number of carbonyl (C=O) groups is 1. The molecule has 182 valence electrons. The van der Waals surface area contributed by atoms with Crippen LogP contribution in [-0.2, 0) is 17.6 Å². The average molecular weight is 481 g/mol. The number of aromatic nitrogens is 4. The van der Waals surface area contributed by atoms with E-state index in [0.717, 1.165) is 46.5 Å². The summed E-state index contributed by atoms with van der Waals surface area (Å²) in [5, 5.41) is 27.0. The van der Waals surface area contributed by atoms with Gasteiger partial charge in [0.2, 0.25) is 5.82 Å². The maximum absolute atomic E-state index is 12.5. The molecule has 0 fully saturated rings. The van der Waals surface area contributed by atoms with Crippen LogP contribution in [0.5, 0.6) is 0 Å². The summed E-state index contributed by atoms with van der Waals surface area (Å²) in [5.41, 5.74) is 9.55. The van der Waals surface area contributed by atoms with E-state index in [1.165, 1.54) is 0 Å². The number of nitrogens with one attached hydrogen (secondary N) is 2. The minimum Gasteiger partial charge on any atom is -0.478 e. The third-order valence-electron chi connectivity index (χ3n) is 6.42. The molecule has 3 aromatic carbocycles. The maximum Gasteiger partial charge on any atom is 0.335 e. The smallest absolute Gasteiger partial charge is 0.335 e. The van der Waals surface area contributed by atoms with Crippen LogP contribution in [0.1, 0.15) is 24.5 Å². The number of carboxylic acids is 1. The van der Waals surface area contributed by atoms with E-state index in [-0.39, 0.29) is 6.04 Å². The number of aliphatic carboxylic acids is 1. The first kappa shape index (κ1) is 23.4. The van der Waals surface area contributed by atoms with Crippen molar-refractivity contribution < 1.29 is 9.90 Å². The lowest BCUT2D eigenvalue weighted by atomic mass is 9.92. The highest BCUT2D eigenvalue weighted by Gasteiger charge is 2.36. The van der Waals surface area contributed by atoms with Gasteiger partial charge in [-0.15, -0.1) is 10.2 Å². The van der Waals surface area contributed by atoms with E-state index in [1.54, 1.807) is 0 Å². The van der Waals surface area contributed by atoms with E-state index in [1.807, 2.05) is 66.7 Å². The summed E-state index contributed by atoms with van der Waals surface area (Å²) >= 11 is 0. The number of tetrazole rings is 1. The third kappa shape index (κ3) is 4.89. The second-order valence-electron chi connectivity index (χ2n) is 8.87. The lowest BCUT2D eigenvalue weighted by Gasteiger charge is -2.26. The van der Waals surface area contributed by atoms with E-state index in [9.17, 15) is 9.90 Å². The quantitative estimate of drug-likeness (QED) is 0.329. The molecular weight excluding hydrogens is 452 g/mol. The summed E-state index contributed by atoms with van der Waals surface area (Å²) in [6.07, 6.45) is 1.98. The molecule has 0 saturated heterocycles. The van der Waals surface area contributed by atoms with Gasteiger partial charge in [-0.3, -0.25) is 0 Å². The van der Waals surface area contributed by atoms with Gasteiger partial charge in [-0.2, -0.15) is 5.21 Å². The highest BCUT2D eigenvalue weighted by molar-refractivity contribution is 5.90. The van der Waals surface area contributed by atoms with Gasteiger partial charge in [0, 0.05) is 24.2 Å². The molecule has 0 aliphatic carbocycles. The van der Waals surface area contributed by atoms with Crippen LogP contribution in [0.25, 0.3) is 22.5 Å². The molecule has 8 heteroatoms. The minimum atomic E-state index is -0.892. The van der Waals surface area contributed by atoms with Crippen LogP contribution in [0.15, 0.2) is 90.1 Å². The number of allylic oxidation sites excluding steroid dienone is 1. The number of aromatic amines is 1. The largest absolute Gasteiger partial charge is 0.478 e. The molecule has 0 saturated carbocycles. The number of hydrazine groups is 1. The molecule has 1 unspecified atom stereocenters. The highest BCUT2D eigenvalue weighted by Crippen LogP contribution is 2.33. The molecule has 0 bridgehead atoms. The van der Waals surface area contributed by atoms with Crippen molar-refractivity contribution in [2.24, 2.45) is 0 Å². The minimum absolute atomic E-state index is 0.304. The molecule has 0 amide bonds. The van der Waals surface area contributed by atoms with Crippen molar-refractivity contribution in [3.8, 4) is 22.5 Å². The fourth-order valence-corrected chi connectivity index (χ4v) is 4.81. The standard InChI is InChI=1S/C28H28N6O2/c1-2-15-34-25(26(28(35)36)24(31-34)17-19-9-5-3-6-10-19)18-20-13-14-22(21-11-7-4-8-12-21)23(16-20)27-29-32-33-30-27/h3-14,16,25,31H,2,15,17-18H2,1H3,(H,35,36)(H,29,30,32,33). The molecule has 8 nitrogen and oxygen atoms in total. The number of rotatable bonds is 9. The molecule has 4 aromatic rings. The summed E-state index contributed by atoms with van der Waals surface area (Å²) in [6.45, 7) is 2.83. The molecule has 0 spiro atoms. The predicted molar refractivity (Wildman–Crippen MR) is 137 cm³/mol. The predicted octanol–water partition coefficient (Wildman–Crippen LogP) is 4.26. The second kappa shape index (κ2) is 10.5. The Bertz CT molecular complexity index is 1350. The maximum atomic E-state index is 12.5. The lowest BCUT2D eigenvalue weighted by Crippen LogP contribution is -2.41. The molecule has 3 N–H and O–H groups in total. The van der Waals surface area contributed by atoms with E-state index in [4.69, 9.17) is 0 Å². The third-order valence-corrected chi connectivity index (χ3v) is 6.42. The van der Waals surface area contributed by atoms with Crippen LogP contribution in [0.4, 0.5) is 0 Å². The summed E-state index contributed by atoms with van der Waals surface area (Å²) in [4.78, 5) is 12.5. The van der Waals surface area contributed by atoms with Crippen LogP contribution < -0.4 is 5.43 Å². The fraction of sp³-hybridized carbons (Fsp3) is 0.214. The van der Waals surface area contributed by atoms with Gasteiger partial charge in [-0.25, -0.2) is 9.80 Å². The van der Waals surface area contributed by atoms with Crippen LogP contribution in [0, 0.1) is 0 Å². The molecule has 1 aliphatic heterocycles. The van der Waals surface area contributed by atoms with Gasteiger partial charge in [0.15, 0.2) is 0 Å². The molecule has 1 aliphatic rings. The van der Waals surface area contributed by atoms with Crippen molar-refractivity contribution in [2.75, 3.05) is 6.54 Å². The number of carboxylic acid groups (broad SMARTS) is 1. The Kier molecular flexibility index (Phi) is 6.86. The summed E-state index contributed by atoms with van der Waals surface area (Å²) in [5.74, 6) is -0.388. The van der Waals surface area contributed by atoms with Gasteiger partial charge in [-0.1, -0.05) is 79.7 Å². The number of benzene rings is 3. The zero-order valence-corrected chi connectivity index (χ0v) is 20.1. The van der Waals surface area contributed by atoms with E-state index in [0.29, 0.717) is 24.2 Å². The topological polar surface area (TPSA) is 107 Å². The van der Waals surface area contributed by atoms with Gasteiger partial charge >= 0.3 is 5.97 Å². The van der Waals surface area contributed by atoms with Crippen molar-refractivity contribution >= 4 is 5.97 Å². The van der Waals surface area contributed by atoms with Gasteiger partial charge in [0.1, 0.15) is 0 Å². The Morgan fingerprint density at radius 1 is 0.972 bits per heavy atom. The van der Waals surface area contributed by atoms with Crippen LogP contribution in [-0.4, -0.2) is 49.3 Å². The number of H-pyrrole nitrogens is 1. The van der Waals surface area contributed by atoms with Gasteiger partial charge < -0.3 is 10.5 Å². The monoisotopic (exact) mass is 480 g/mol. The zero-order chi connectivity index (χ0) is 24.9. The highest BCUT2D eigenvalue weighted by atomic mass is 16.4. The summed E-state index contributed by atoms with van der Waals surface area (Å²) < 4.78 is 0. The first-order valence-electron chi connectivity index (χ1n) is 12.1. The van der Waals surface area contributed by atoms with Crippen molar-refractivity contribution in [3.05, 3.63) is 101 Å². The van der Waals surface area contributed by atoms with Crippen molar-refractivity contribution in [1.29, 1.82) is 0 Å². The van der Waals surface area contributed by atoms with Crippen molar-refractivity contribution in [2.45, 2.75) is 32.2 Å². The van der Waals surface area contributed by atoms with Gasteiger partial charge in [-0.05, 0) is 46.4 Å². The van der Waals surface area contributed by atoms with Crippen LogP contribution >= 0.6 is 0 Å². The first-order chi connectivity index (χ1) is 17.6. The number of hydrogen-bond donors (Lipinski definition) is 3. The fourth-order valence-electron chi connectivity index (χ4n) is 4.81. The molecule has 5 rings (SSSR count). The van der Waals surface area contributed by atoms with E-state index < -0.39 is 5.97 Å². The molecule has 1 aromatic heterocycles. The van der Waals surface area contributed by atoms with E-state index in [2.05, 4.69) is 50.1 Å². The Labute approximate surface area is 209 Å². The second-order valence-corrected chi connectivity index (χ2v) is 8.87. The summed E-state index contributed by atoms with van der Waals surface area (Å²) in [6, 6.07) is 25.9. The van der Waals surface area contributed by atoms with Crippen LogP contribution in [0.2, 0.25) is 0 Å². The molecule has 1 atom stereocenters. The average Bonchev–Trinajstić information content (AvgIpc) is 3.54. The first-order valence-corrected chi connectivity index (χ1v) is 12.1. The lowest BCUT2D eigenvalue weighted by molar-refractivity contribution is -0.133. The molecular formula is C28H28N6O2. The Morgan fingerprint density at radius 2 is 1.72 bits per heavy atom. The SMILES string of the molecule is CCCN1NC(Cc2ccccc2)=C(C(=O)O)C1Cc1ccc(-c2ccccc2)c(-c2nn[nH]n2)c1. The molecule has 2 heterocycles. The van der Waals surface area contributed by atoms with Crippen molar-refractivity contribution in [3.63, 3.8) is 0 Å². The van der Waals surface area contributed by atoms with Crippen molar-refractivity contribution in [1.82, 2.24) is 31.1 Å².